The zero-order valence-corrected chi connectivity index (χ0v) is 10.9. The van der Waals surface area contributed by atoms with Gasteiger partial charge in [0.15, 0.2) is 5.58 Å². The van der Waals surface area contributed by atoms with Crippen LogP contribution in [0.5, 0.6) is 0 Å². The van der Waals surface area contributed by atoms with E-state index in [2.05, 4.69) is 18.0 Å². The Morgan fingerprint density at radius 2 is 1.95 bits per heavy atom. The molecule has 2 N–H and O–H groups in total. The summed E-state index contributed by atoms with van der Waals surface area (Å²) in [6.45, 7) is 2.06. The quantitative estimate of drug-likeness (QED) is 0.710. The fourth-order valence-corrected chi connectivity index (χ4v) is 2.12. The molecular formula is C15H15N3O. The van der Waals surface area contributed by atoms with Crippen LogP contribution in [0.4, 0.5) is 17.4 Å². The van der Waals surface area contributed by atoms with Gasteiger partial charge in [-0.3, -0.25) is 4.90 Å². The Kier molecular flexibility index (Phi) is 2.63. The van der Waals surface area contributed by atoms with Gasteiger partial charge in [0.2, 0.25) is 0 Å². The number of rotatable bonds is 2. The van der Waals surface area contributed by atoms with Gasteiger partial charge in [0.25, 0.3) is 0 Å². The van der Waals surface area contributed by atoms with E-state index in [0.717, 1.165) is 16.8 Å². The summed E-state index contributed by atoms with van der Waals surface area (Å²) < 4.78 is 5.75. The van der Waals surface area contributed by atoms with Crippen molar-refractivity contribution in [2.75, 3.05) is 17.7 Å². The Morgan fingerprint density at radius 1 is 1.16 bits per heavy atom. The van der Waals surface area contributed by atoms with Crippen LogP contribution in [0.15, 0.2) is 46.9 Å². The lowest BCUT2D eigenvalue weighted by atomic mass is 10.2. The van der Waals surface area contributed by atoms with Crippen LogP contribution in [-0.4, -0.2) is 12.0 Å². The molecule has 4 nitrogen and oxygen atoms in total. The van der Waals surface area contributed by atoms with Gasteiger partial charge in [0.1, 0.15) is 5.52 Å². The van der Waals surface area contributed by atoms with E-state index in [1.807, 2.05) is 48.3 Å². The van der Waals surface area contributed by atoms with Crippen molar-refractivity contribution in [2.24, 2.45) is 0 Å². The maximum Gasteiger partial charge on any atom is 0.302 e. The minimum Gasteiger partial charge on any atom is -0.423 e. The summed E-state index contributed by atoms with van der Waals surface area (Å²) in [4.78, 5) is 6.41. The van der Waals surface area contributed by atoms with E-state index in [9.17, 15) is 0 Å². The van der Waals surface area contributed by atoms with Crippen LogP contribution in [0.3, 0.4) is 0 Å². The van der Waals surface area contributed by atoms with E-state index in [1.165, 1.54) is 5.56 Å². The predicted octanol–water partition coefficient (Wildman–Crippen LogP) is 3.49. The molecule has 0 fully saturated rings. The van der Waals surface area contributed by atoms with E-state index >= 15 is 0 Å². The molecule has 0 spiro atoms. The second-order valence-corrected chi connectivity index (χ2v) is 4.57. The number of nitrogens with two attached hydrogens (primary N) is 1. The van der Waals surface area contributed by atoms with Crippen LogP contribution in [0, 0.1) is 6.92 Å². The molecule has 0 saturated carbocycles. The zero-order valence-electron chi connectivity index (χ0n) is 10.9. The SMILES string of the molecule is Cc1ccccc1N(C)c1nc2cc(N)ccc2o1. The zero-order chi connectivity index (χ0) is 13.4. The van der Waals surface area contributed by atoms with Crippen LogP contribution in [0.25, 0.3) is 11.1 Å². The highest BCUT2D eigenvalue weighted by molar-refractivity contribution is 5.79. The largest absolute Gasteiger partial charge is 0.423 e. The van der Waals surface area contributed by atoms with Crippen molar-refractivity contribution in [3.8, 4) is 0 Å². The van der Waals surface area contributed by atoms with E-state index in [4.69, 9.17) is 10.2 Å². The second-order valence-electron chi connectivity index (χ2n) is 4.57. The predicted molar refractivity (Wildman–Crippen MR) is 77.7 cm³/mol. The Morgan fingerprint density at radius 3 is 2.74 bits per heavy atom. The first-order chi connectivity index (χ1) is 9.15. The van der Waals surface area contributed by atoms with Gasteiger partial charge in [-0.25, -0.2) is 0 Å². The number of anilines is 3. The Balaban J connectivity index is 2.07. The summed E-state index contributed by atoms with van der Waals surface area (Å²) in [5, 5.41) is 0. The summed E-state index contributed by atoms with van der Waals surface area (Å²) in [5.74, 6) is 0. The average molecular weight is 253 g/mol. The van der Waals surface area contributed by atoms with Crippen LogP contribution in [0.2, 0.25) is 0 Å². The summed E-state index contributed by atoms with van der Waals surface area (Å²) in [6, 6.07) is 14.1. The van der Waals surface area contributed by atoms with Crippen LogP contribution in [-0.2, 0) is 0 Å². The van der Waals surface area contributed by atoms with Crippen molar-refractivity contribution in [3.63, 3.8) is 0 Å². The fourth-order valence-electron chi connectivity index (χ4n) is 2.12. The number of nitrogens with zero attached hydrogens (tertiary/aromatic N) is 2. The summed E-state index contributed by atoms with van der Waals surface area (Å²) in [5.41, 5.74) is 10.2. The number of fused-ring (bicyclic) bond motifs is 1. The maximum atomic E-state index is 5.75. The molecule has 1 aromatic heterocycles. The van der Waals surface area contributed by atoms with Gasteiger partial charge in [-0.1, -0.05) is 18.2 Å². The number of benzene rings is 2. The Hall–Kier alpha value is -2.49. The van der Waals surface area contributed by atoms with Gasteiger partial charge >= 0.3 is 6.01 Å². The molecule has 0 bridgehead atoms. The smallest absolute Gasteiger partial charge is 0.302 e. The third kappa shape index (κ3) is 2.01. The van der Waals surface area contributed by atoms with Crippen molar-refractivity contribution in [2.45, 2.75) is 6.92 Å². The monoisotopic (exact) mass is 253 g/mol. The van der Waals surface area contributed by atoms with Crippen molar-refractivity contribution >= 4 is 28.5 Å². The highest BCUT2D eigenvalue weighted by Gasteiger charge is 2.13. The lowest BCUT2D eigenvalue weighted by Gasteiger charge is -2.16. The van der Waals surface area contributed by atoms with Gasteiger partial charge in [-0.2, -0.15) is 4.98 Å². The molecule has 2 aromatic carbocycles. The third-order valence-electron chi connectivity index (χ3n) is 3.16. The van der Waals surface area contributed by atoms with Gasteiger partial charge in [-0.05, 0) is 36.8 Å². The molecule has 3 aromatic rings. The highest BCUT2D eigenvalue weighted by Crippen LogP contribution is 2.29. The van der Waals surface area contributed by atoms with Crippen LogP contribution >= 0.6 is 0 Å². The van der Waals surface area contributed by atoms with Gasteiger partial charge in [0, 0.05) is 18.4 Å². The first kappa shape index (κ1) is 11.6. The third-order valence-corrected chi connectivity index (χ3v) is 3.16. The van der Waals surface area contributed by atoms with Crippen molar-refractivity contribution in [3.05, 3.63) is 48.0 Å². The lowest BCUT2D eigenvalue weighted by Crippen LogP contribution is -2.10. The molecule has 0 unspecified atom stereocenters. The Labute approximate surface area is 111 Å². The molecule has 19 heavy (non-hydrogen) atoms. The number of aryl methyl sites for hydroxylation is 1. The number of oxazole rings is 1. The Bertz CT molecular complexity index is 733. The van der Waals surface area contributed by atoms with E-state index < -0.39 is 0 Å². The molecule has 1 heterocycles. The molecule has 4 heteroatoms. The molecule has 0 aliphatic heterocycles. The lowest BCUT2D eigenvalue weighted by molar-refractivity contribution is 0.603. The van der Waals surface area contributed by atoms with Crippen LogP contribution in [0.1, 0.15) is 5.56 Å². The van der Waals surface area contributed by atoms with E-state index in [1.54, 1.807) is 0 Å². The number of aromatic nitrogens is 1. The van der Waals surface area contributed by atoms with Gasteiger partial charge in [-0.15, -0.1) is 0 Å². The first-order valence-electron chi connectivity index (χ1n) is 6.10. The molecule has 96 valence electrons. The van der Waals surface area contributed by atoms with E-state index in [-0.39, 0.29) is 0 Å². The first-order valence-corrected chi connectivity index (χ1v) is 6.10. The number of para-hydroxylation sites is 1. The molecule has 0 aliphatic carbocycles. The molecule has 0 amide bonds. The molecule has 0 aliphatic rings. The van der Waals surface area contributed by atoms with Crippen molar-refractivity contribution in [1.82, 2.24) is 4.98 Å². The standard InChI is InChI=1S/C15H15N3O/c1-10-5-3-4-6-13(10)18(2)15-17-12-9-11(16)7-8-14(12)19-15/h3-9H,16H2,1-2H3. The number of hydrogen-bond acceptors (Lipinski definition) is 4. The average Bonchev–Trinajstić information content (AvgIpc) is 2.81. The van der Waals surface area contributed by atoms with Crippen LogP contribution < -0.4 is 10.6 Å². The number of hydrogen-bond donors (Lipinski definition) is 1. The minimum absolute atomic E-state index is 0.565. The topological polar surface area (TPSA) is 55.3 Å². The summed E-state index contributed by atoms with van der Waals surface area (Å²) >= 11 is 0. The molecule has 0 saturated heterocycles. The fraction of sp³-hybridized carbons (Fsp3) is 0.133. The molecule has 0 atom stereocenters. The van der Waals surface area contributed by atoms with Crippen molar-refractivity contribution in [1.29, 1.82) is 0 Å². The van der Waals surface area contributed by atoms with Crippen molar-refractivity contribution < 1.29 is 4.42 Å². The van der Waals surface area contributed by atoms with Gasteiger partial charge < -0.3 is 10.2 Å². The summed E-state index contributed by atoms with van der Waals surface area (Å²) in [6.07, 6.45) is 0. The van der Waals surface area contributed by atoms with Gasteiger partial charge in [0.05, 0.1) is 0 Å². The summed E-state index contributed by atoms with van der Waals surface area (Å²) in [7, 11) is 1.94. The normalized spacial score (nSPS) is 10.8. The molecule has 0 radical (unpaired) electrons. The number of nitrogen functional groups attached to an aromatic ring is 1. The molecular weight excluding hydrogens is 238 g/mol. The second kappa shape index (κ2) is 4.31. The van der Waals surface area contributed by atoms with E-state index in [0.29, 0.717) is 11.7 Å². The minimum atomic E-state index is 0.565. The molecule has 3 rings (SSSR count). The highest BCUT2D eigenvalue weighted by atomic mass is 16.4. The maximum absolute atomic E-state index is 5.75.